The van der Waals surface area contributed by atoms with Crippen molar-refractivity contribution in [2.24, 2.45) is 0 Å². The van der Waals surface area contributed by atoms with Gasteiger partial charge in [0.15, 0.2) is 0 Å². The first-order valence-corrected chi connectivity index (χ1v) is 5.62. The maximum Gasteiger partial charge on any atom is 0.0700 e. The van der Waals surface area contributed by atoms with Crippen LogP contribution in [0.3, 0.4) is 0 Å². The van der Waals surface area contributed by atoms with Crippen molar-refractivity contribution in [3.63, 3.8) is 0 Å². The van der Waals surface area contributed by atoms with E-state index in [0.29, 0.717) is 12.1 Å². The number of rotatable bonds is 4. The quantitative estimate of drug-likeness (QED) is 0.817. The summed E-state index contributed by atoms with van der Waals surface area (Å²) in [5.74, 6) is 0. The van der Waals surface area contributed by atoms with Crippen molar-refractivity contribution in [2.75, 3.05) is 13.2 Å². The van der Waals surface area contributed by atoms with Gasteiger partial charge in [0, 0.05) is 25.4 Å². The van der Waals surface area contributed by atoms with Gasteiger partial charge >= 0.3 is 0 Å². The van der Waals surface area contributed by atoms with Gasteiger partial charge in [-0.2, -0.15) is 0 Å². The standard InChI is InChI=1S/C12H18N2O/c1-10(12-6-2-3-7-13-12)14-9-11-5-4-8-15-11/h2-3,6-7,10-11,14H,4-5,8-9H2,1H3/t10-,11+/m1/s1. The van der Waals surface area contributed by atoms with E-state index in [9.17, 15) is 0 Å². The minimum atomic E-state index is 0.301. The Labute approximate surface area is 90.9 Å². The van der Waals surface area contributed by atoms with Gasteiger partial charge in [-0.25, -0.2) is 0 Å². The van der Waals surface area contributed by atoms with Gasteiger partial charge in [-0.05, 0) is 31.9 Å². The van der Waals surface area contributed by atoms with Crippen LogP contribution in [0.1, 0.15) is 31.5 Å². The number of ether oxygens (including phenoxy) is 1. The Morgan fingerprint density at radius 2 is 2.53 bits per heavy atom. The second-order valence-electron chi connectivity index (χ2n) is 4.02. The summed E-state index contributed by atoms with van der Waals surface area (Å²) in [4.78, 5) is 4.32. The van der Waals surface area contributed by atoms with E-state index in [0.717, 1.165) is 18.8 Å². The highest BCUT2D eigenvalue weighted by atomic mass is 16.5. The van der Waals surface area contributed by atoms with Gasteiger partial charge in [0.2, 0.25) is 0 Å². The highest BCUT2D eigenvalue weighted by Crippen LogP contribution is 2.13. The summed E-state index contributed by atoms with van der Waals surface area (Å²) in [5.41, 5.74) is 1.09. The van der Waals surface area contributed by atoms with Crippen LogP contribution in [-0.4, -0.2) is 24.2 Å². The summed E-state index contributed by atoms with van der Waals surface area (Å²) in [6, 6.07) is 6.31. The van der Waals surface area contributed by atoms with Crippen LogP contribution in [0.15, 0.2) is 24.4 Å². The van der Waals surface area contributed by atoms with Crippen LogP contribution >= 0.6 is 0 Å². The summed E-state index contributed by atoms with van der Waals surface area (Å²) >= 11 is 0. The molecule has 1 fully saturated rings. The molecule has 3 heteroatoms. The van der Waals surface area contributed by atoms with Gasteiger partial charge in [0.1, 0.15) is 0 Å². The number of aromatic nitrogens is 1. The molecule has 0 bridgehead atoms. The molecule has 0 aromatic carbocycles. The Hall–Kier alpha value is -0.930. The van der Waals surface area contributed by atoms with E-state index >= 15 is 0 Å². The molecule has 1 aromatic heterocycles. The Balaban J connectivity index is 1.79. The molecular weight excluding hydrogens is 188 g/mol. The number of nitrogens with zero attached hydrogens (tertiary/aromatic N) is 1. The van der Waals surface area contributed by atoms with Crippen molar-refractivity contribution >= 4 is 0 Å². The lowest BCUT2D eigenvalue weighted by Crippen LogP contribution is -2.29. The predicted molar refractivity (Wildman–Crippen MR) is 59.6 cm³/mol. The van der Waals surface area contributed by atoms with Crippen LogP contribution < -0.4 is 5.32 Å². The second kappa shape index (κ2) is 5.24. The van der Waals surface area contributed by atoms with Gasteiger partial charge in [0.25, 0.3) is 0 Å². The van der Waals surface area contributed by atoms with Crippen molar-refractivity contribution in [1.29, 1.82) is 0 Å². The zero-order valence-corrected chi connectivity index (χ0v) is 9.15. The van der Waals surface area contributed by atoms with Crippen LogP contribution in [0, 0.1) is 0 Å². The van der Waals surface area contributed by atoms with Crippen LogP contribution in [0.4, 0.5) is 0 Å². The third-order valence-corrected chi connectivity index (χ3v) is 2.81. The summed E-state index contributed by atoms with van der Waals surface area (Å²) in [6.07, 6.45) is 4.61. The molecule has 0 amide bonds. The summed E-state index contributed by atoms with van der Waals surface area (Å²) in [5, 5.41) is 3.45. The van der Waals surface area contributed by atoms with Crippen molar-refractivity contribution in [3.05, 3.63) is 30.1 Å². The summed E-state index contributed by atoms with van der Waals surface area (Å²) in [7, 11) is 0. The molecule has 2 heterocycles. The highest BCUT2D eigenvalue weighted by Gasteiger charge is 2.16. The van der Waals surface area contributed by atoms with Gasteiger partial charge in [-0.3, -0.25) is 4.98 Å². The first-order valence-electron chi connectivity index (χ1n) is 5.62. The Morgan fingerprint density at radius 1 is 1.60 bits per heavy atom. The molecule has 2 rings (SSSR count). The van der Waals surface area contributed by atoms with Crippen LogP contribution in [-0.2, 0) is 4.74 Å². The minimum absolute atomic E-state index is 0.301. The first-order chi connectivity index (χ1) is 7.36. The van der Waals surface area contributed by atoms with Gasteiger partial charge in [0.05, 0.1) is 11.8 Å². The highest BCUT2D eigenvalue weighted by molar-refractivity contribution is 5.07. The van der Waals surface area contributed by atoms with Gasteiger partial charge in [-0.1, -0.05) is 6.07 Å². The number of pyridine rings is 1. The minimum Gasteiger partial charge on any atom is -0.377 e. The molecule has 0 radical (unpaired) electrons. The van der Waals surface area contributed by atoms with Crippen molar-refractivity contribution in [3.8, 4) is 0 Å². The average Bonchev–Trinajstić information content (AvgIpc) is 2.80. The van der Waals surface area contributed by atoms with Crippen molar-refractivity contribution < 1.29 is 4.74 Å². The Kier molecular flexibility index (Phi) is 3.69. The molecular formula is C12H18N2O. The van der Waals surface area contributed by atoms with Crippen LogP contribution in [0.5, 0.6) is 0 Å². The molecule has 0 aliphatic carbocycles. The fraction of sp³-hybridized carbons (Fsp3) is 0.583. The zero-order valence-electron chi connectivity index (χ0n) is 9.15. The number of nitrogens with one attached hydrogen (secondary N) is 1. The molecule has 15 heavy (non-hydrogen) atoms. The molecule has 1 aliphatic heterocycles. The lowest BCUT2D eigenvalue weighted by atomic mass is 10.2. The molecule has 1 aromatic rings. The summed E-state index contributed by atoms with van der Waals surface area (Å²) in [6.45, 7) is 3.99. The van der Waals surface area contributed by atoms with Crippen molar-refractivity contribution in [2.45, 2.75) is 31.9 Å². The zero-order chi connectivity index (χ0) is 10.5. The topological polar surface area (TPSA) is 34.1 Å². The molecule has 3 nitrogen and oxygen atoms in total. The van der Waals surface area contributed by atoms with Crippen molar-refractivity contribution in [1.82, 2.24) is 10.3 Å². The Morgan fingerprint density at radius 3 is 3.20 bits per heavy atom. The maximum atomic E-state index is 5.56. The lowest BCUT2D eigenvalue weighted by molar-refractivity contribution is 0.108. The largest absolute Gasteiger partial charge is 0.377 e. The second-order valence-corrected chi connectivity index (χ2v) is 4.02. The molecule has 0 spiro atoms. The predicted octanol–water partition coefficient (Wildman–Crippen LogP) is 1.91. The number of hydrogen-bond donors (Lipinski definition) is 1. The molecule has 0 saturated carbocycles. The molecule has 2 atom stereocenters. The van der Waals surface area contributed by atoms with Crippen LogP contribution in [0.2, 0.25) is 0 Å². The maximum absolute atomic E-state index is 5.56. The average molecular weight is 206 g/mol. The summed E-state index contributed by atoms with van der Waals surface area (Å²) < 4.78 is 5.56. The third kappa shape index (κ3) is 3.01. The van der Waals surface area contributed by atoms with E-state index < -0.39 is 0 Å². The van der Waals surface area contributed by atoms with E-state index in [1.165, 1.54) is 12.8 Å². The van der Waals surface area contributed by atoms with E-state index in [1.54, 1.807) is 0 Å². The first kappa shape index (κ1) is 10.6. The molecule has 1 aliphatic rings. The van der Waals surface area contributed by atoms with E-state index in [1.807, 2.05) is 24.4 Å². The Bertz CT molecular complexity index is 283. The van der Waals surface area contributed by atoms with E-state index in [2.05, 4.69) is 17.2 Å². The van der Waals surface area contributed by atoms with Gasteiger partial charge < -0.3 is 10.1 Å². The molecule has 0 unspecified atom stereocenters. The monoisotopic (exact) mass is 206 g/mol. The third-order valence-electron chi connectivity index (χ3n) is 2.81. The smallest absolute Gasteiger partial charge is 0.0700 e. The lowest BCUT2D eigenvalue weighted by Gasteiger charge is -2.16. The van der Waals surface area contributed by atoms with E-state index in [-0.39, 0.29) is 0 Å². The molecule has 1 N–H and O–H groups in total. The fourth-order valence-corrected chi connectivity index (χ4v) is 1.85. The van der Waals surface area contributed by atoms with Gasteiger partial charge in [-0.15, -0.1) is 0 Å². The van der Waals surface area contributed by atoms with E-state index in [4.69, 9.17) is 4.74 Å². The normalized spacial score (nSPS) is 22.9. The van der Waals surface area contributed by atoms with Crippen LogP contribution in [0.25, 0.3) is 0 Å². The molecule has 82 valence electrons. The molecule has 1 saturated heterocycles. The fourth-order valence-electron chi connectivity index (χ4n) is 1.85. The number of hydrogen-bond acceptors (Lipinski definition) is 3. The SMILES string of the molecule is C[C@@H](NC[C@@H]1CCCO1)c1ccccn1.